The molecule has 2 heterocycles. The monoisotopic (exact) mass is 268 g/mol. The molecule has 1 aliphatic heterocycles. The zero-order valence-electron chi connectivity index (χ0n) is 10.7. The number of carbonyl (C=O) groups is 1. The van der Waals surface area contributed by atoms with Crippen LogP contribution in [0.25, 0.3) is 0 Å². The van der Waals surface area contributed by atoms with Crippen molar-refractivity contribution in [3.63, 3.8) is 0 Å². The van der Waals surface area contributed by atoms with E-state index in [0.29, 0.717) is 0 Å². The van der Waals surface area contributed by atoms with Crippen LogP contribution in [-0.2, 0) is 11.3 Å². The summed E-state index contributed by atoms with van der Waals surface area (Å²) in [5.74, 6) is -0.203. The van der Waals surface area contributed by atoms with Gasteiger partial charge in [-0.1, -0.05) is 6.42 Å². The summed E-state index contributed by atoms with van der Waals surface area (Å²) < 4.78 is 0. The molecule has 18 heavy (non-hydrogen) atoms. The Bertz CT molecular complexity index is 407. The molecule has 6 heteroatoms. The molecule has 0 spiro atoms. The van der Waals surface area contributed by atoms with E-state index in [1.54, 1.807) is 11.3 Å². The highest BCUT2D eigenvalue weighted by atomic mass is 32.1. The number of aromatic nitrogens is 1. The van der Waals surface area contributed by atoms with Crippen molar-refractivity contribution in [2.24, 2.45) is 5.73 Å². The Hall–Kier alpha value is -1.14. The zero-order valence-corrected chi connectivity index (χ0v) is 11.5. The van der Waals surface area contributed by atoms with Gasteiger partial charge in [0.2, 0.25) is 5.91 Å². The van der Waals surface area contributed by atoms with Crippen LogP contribution >= 0.6 is 11.3 Å². The lowest BCUT2D eigenvalue weighted by Gasteiger charge is -2.32. The molecule has 1 fully saturated rings. The SMILES string of the molecule is CCNc1ncc(CN2CCCCC2C(N)=O)s1. The number of rotatable bonds is 5. The Morgan fingerprint density at radius 3 is 3.22 bits per heavy atom. The Labute approximate surface area is 111 Å². The fourth-order valence-corrected chi connectivity index (χ4v) is 3.22. The number of anilines is 1. The van der Waals surface area contributed by atoms with E-state index in [9.17, 15) is 4.79 Å². The molecule has 0 aliphatic carbocycles. The van der Waals surface area contributed by atoms with E-state index in [4.69, 9.17) is 5.73 Å². The summed E-state index contributed by atoms with van der Waals surface area (Å²) in [7, 11) is 0. The first kappa shape index (κ1) is 13.3. The summed E-state index contributed by atoms with van der Waals surface area (Å²) in [6.45, 7) is 4.65. The van der Waals surface area contributed by atoms with E-state index in [1.165, 1.54) is 4.88 Å². The van der Waals surface area contributed by atoms with Gasteiger partial charge in [-0.05, 0) is 26.3 Å². The molecular formula is C12H20N4OS. The van der Waals surface area contributed by atoms with Crippen molar-refractivity contribution >= 4 is 22.4 Å². The molecule has 1 aromatic rings. The van der Waals surface area contributed by atoms with Crippen molar-refractivity contribution in [2.45, 2.75) is 38.8 Å². The third kappa shape index (κ3) is 3.20. The van der Waals surface area contributed by atoms with E-state index in [-0.39, 0.29) is 11.9 Å². The summed E-state index contributed by atoms with van der Waals surface area (Å²) in [6.07, 6.45) is 5.00. The minimum atomic E-state index is -0.203. The molecule has 1 saturated heterocycles. The first-order valence-electron chi connectivity index (χ1n) is 6.42. The molecule has 0 radical (unpaired) electrons. The lowest BCUT2D eigenvalue weighted by atomic mass is 10.0. The Morgan fingerprint density at radius 2 is 2.50 bits per heavy atom. The summed E-state index contributed by atoms with van der Waals surface area (Å²) >= 11 is 1.65. The number of nitrogens with zero attached hydrogens (tertiary/aromatic N) is 2. The van der Waals surface area contributed by atoms with Gasteiger partial charge in [0.25, 0.3) is 0 Å². The highest BCUT2D eigenvalue weighted by Crippen LogP contribution is 2.24. The second-order valence-electron chi connectivity index (χ2n) is 4.55. The number of amides is 1. The molecule has 1 aliphatic rings. The maximum Gasteiger partial charge on any atom is 0.234 e. The fourth-order valence-electron chi connectivity index (χ4n) is 2.32. The van der Waals surface area contributed by atoms with Crippen molar-refractivity contribution in [3.05, 3.63) is 11.1 Å². The van der Waals surface area contributed by atoms with Crippen molar-refractivity contribution in [3.8, 4) is 0 Å². The van der Waals surface area contributed by atoms with Gasteiger partial charge in [0.05, 0.1) is 6.04 Å². The summed E-state index contributed by atoms with van der Waals surface area (Å²) in [6, 6.07) is -0.108. The highest BCUT2D eigenvalue weighted by Gasteiger charge is 2.27. The third-order valence-corrected chi connectivity index (χ3v) is 4.12. The van der Waals surface area contributed by atoms with Crippen molar-refractivity contribution < 1.29 is 4.79 Å². The lowest BCUT2D eigenvalue weighted by Crippen LogP contribution is -2.46. The molecule has 5 nitrogen and oxygen atoms in total. The largest absolute Gasteiger partial charge is 0.368 e. The first-order valence-corrected chi connectivity index (χ1v) is 7.24. The van der Waals surface area contributed by atoms with Crippen LogP contribution in [-0.4, -0.2) is 34.9 Å². The zero-order chi connectivity index (χ0) is 13.0. The maximum atomic E-state index is 11.4. The van der Waals surface area contributed by atoms with Gasteiger partial charge in [0, 0.05) is 24.2 Å². The van der Waals surface area contributed by atoms with Crippen LogP contribution < -0.4 is 11.1 Å². The van der Waals surface area contributed by atoms with E-state index >= 15 is 0 Å². The van der Waals surface area contributed by atoms with Crippen molar-refractivity contribution in [1.82, 2.24) is 9.88 Å². The topological polar surface area (TPSA) is 71.2 Å². The number of nitrogens with two attached hydrogens (primary N) is 1. The van der Waals surface area contributed by atoms with E-state index < -0.39 is 0 Å². The number of likely N-dealkylation sites (tertiary alicyclic amines) is 1. The quantitative estimate of drug-likeness (QED) is 0.847. The minimum Gasteiger partial charge on any atom is -0.368 e. The van der Waals surface area contributed by atoms with Crippen LogP contribution in [0.15, 0.2) is 6.20 Å². The van der Waals surface area contributed by atoms with Crippen molar-refractivity contribution in [1.29, 1.82) is 0 Å². The van der Waals surface area contributed by atoms with E-state index in [1.807, 2.05) is 6.20 Å². The van der Waals surface area contributed by atoms with Crippen LogP contribution in [0.1, 0.15) is 31.1 Å². The van der Waals surface area contributed by atoms with E-state index in [0.717, 1.165) is 44.0 Å². The second-order valence-corrected chi connectivity index (χ2v) is 5.66. The third-order valence-electron chi connectivity index (χ3n) is 3.18. The molecule has 0 saturated carbocycles. The highest BCUT2D eigenvalue weighted by molar-refractivity contribution is 7.15. The van der Waals surface area contributed by atoms with Gasteiger partial charge in [0.15, 0.2) is 5.13 Å². The van der Waals surface area contributed by atoms with Gasteiger partial charge in [-0.15, -0.1) is 11.3 Å². The van der Waals surface area contributed by atoms with Gasteiger partial charge in [0.1, 0.15) is 0 Å². The lowest BCUT2D eigenvalue weighted by molar-refractivity contribution is -0.124. The standard InChI is InChI=1S/C12H20N4OS/c1-2-14-12-15-7-9(18-12)8-16-6-4-3-5-10(16)11(13)17/h7,10H,2-6,8H2,1H3,(H2,13,17)(H,14,15). The average molecular weight is 268 g/mol. The number of nitrogens with one attached hydrogen (secondary N) is 1. The van der Waals surface area contributed by atoms with Crippen LogP contribution in [0.5, 0.6) is 0 Å². The van der Waals surface area contributed by atoms with Gasteiger partial charge < -0.3 is 11.1 Å². The Balaban J connectivity index is 1.99. The Kier molecular flexibility index (Phi) is 4.54. The minimum absolute atomic E-state index is 0.108. The van der Waals surface area contributed by atoms with E-state index in [2.05, 4.69) is 22.1 Å². The van der Waals surface area contributed by atoms with Gasteiger partial charge in [-0.3, -0.25) is 9.69 Å². The molecule has 1 atom stereocenters. The molecule has 1 aromatic heterocycles. The molecule has 100 valence electrons. The summed E-state index contributed by atoms with van der Waals surface area (Å²) in [5, 5.41) is 4.14. The number of hydrogen-bond donors (Lipinski definition) is 2. The van der Waals surface area contributed by atoms with Crippen LogP contribution in [0.3, 0.4) is 0 Å². The van der Waals surface area contributed by atoms with Crippen LogP contribution in [0.4, 0.5) is 5.13 Å². The van der Waals surface area contributed by atoms with Gasteiger partial charge in [-0.2, -0.15) is 0 Å². The Morgan fingerprint density at radius 1 is 1.67 bits per heavy atom. The summed E-state index contributed by atoms with van der Waals surface area (Å²) in [5.41, 5.74) is 5.46. The number of primary amides is 1. The van der Waals surface area contributed by atoms with Crippen LogP contribution in [0.2, 0.25) is 0 Å². The molecular weight excluding hydrogens is 248 g/mol. The smallest absolute Gasteiger partial charge is 0.234 e. The van der Waals surface area contributed by atoms with Crippen molar-refractivity contribution in [2.75, 3.05) is 18.4 Å². The normalized spacial score (nSPS) is 20.8. The summed E-state index contributed by atoms with van der Waals surface area (Å²) in [4.78, 5) is 19.1. The average Bonchev–Trinajstić information content (AvgIpc) is 2.77. The number of piperidine rings is 1. The second kappa shape index (κ2) is 6.15. The molecule has 0 aromatic carbocycles. The maximum absolute atomic E-state index is 11.4. The predicted molar refractivity (Wildman–Crippen MR) is 73.5 cm³/mol. The molecule has 1 amide bonds. The number of hydrogen-bond acceptors (Lipinski definition) is 5. The first-order chi connectivity index (χ1) is 8.70. The van der Waals surface area contributed by atoms with Gasteiger partial charge >= 0.3 is 0 Å². The fraction of sp³-hybridized carbons (Fsp3) is 0.667. The number of carbonyl (C=O) groups excluding carboxylic acids is 1. The molecule has 3 N–H and O–H groups in total. The van der Waals surface area contributed by atoms with Crippen LogP contribution in [0, 0.1) is 0 Å². The molecule has 2 rings (SSSR count). The predicted octanol–water partition coefficient (Wildman–Crippen LogP) is 1.41. The molecule has 1 unspecified atom stereocenters. The molecule has 0 bridgehead atoms. The number of thiazole rings is 1. The van der Waals surface area contributed by atoms with Gasteiger partial charge in [-0.25, -0.2) is 4.98 Å².